The minimum atomic E-state index is -1.35. The maximum absolute atomic E-state index is 14.8. The monoisotopic (exact) mass is 508 g/mol. The van der Waals surface area contributed by atoms with Crippen molar-refractivity contribution in [1.82, 2.24) is 0 Å². The molecular weight excluding hydrogens is 485 g/mol. The van der Waals surface area contributed by atoms with Gasteiger partial charge in [-0.15, -0.1) is 0 Å². The highest BCUT2D eigenvalue weighted by Gasteiger charge is 2.29. The average Bonchev–Trinajstić information content (AvgIpc) is 2.74. The third-order valence-electron chi connectivity index (χ3n) is 5.10. The third-order valence-corrected chi connectivity index (χ3v) is 5.44. The minimum Gasteiger partial charge on any atom is -0.453 e. The van der Waals surface area contributed by atoms with Crippen molar-refractivity contribution in [2.75, 3.05) is 10.6 Å². The van der Waals surface area contributed by atoms with Gasteiger partial charge < -0.3 is 15.1 Å². The van der Waals surface area contributed by atoms with E-state index in [-0.39, 0.29) is 17.0 Å². The Kier molecular flexibility index (Phi) is 6.78. The Morgan fingerprint density at radius 3 is 2.00 bits per heavy atom. The van der Waals surface area contributed by atoms with Crippen molar-refractivity contribution >= 4 is 45.8 Å². The molecule has 2 amide bonds. The first kappa shape index (κ1) is 26.3. The predicted molar refractivity (Wildman–Crippen MR) is 129 cm³/mol. The van der Waals surface area contributed by atoms with Gasteiger partial charge in [-0.2, -0.15) is 0 Å². The number of halogens is 4. The van der Waals surface area contributed by atoms with Gasteiger partial charge in [0.25, 0.3) is 0 Å². The first-order valence-electron chi connectivity index (χ1n) is 10.6. The molecule has 1 aromatic heterocycles. The zero-order valence-electron chi connectivity index (χ0n) is 20.0. The second-order valence-corrected chi connectivity index (χ2v) is 10.5. The molecule has 0 saturated heterocycles. The number of rotatable bonds is 3. The first-order chi connectivity index (χ1) is 16.0. The van der Waals surface area contributed by atoms with Crippen LogP contribution in [0.15, 0.2) is 33.5 Å². The smallest absolute Gasteiger partial charge is 0.229 e. The number of amides is 2. The van der Waals surface area contributed by atoms with E-state index in [0.717, 1.165) is 12.1 Å². The fourth-order valence-corrected chi connectivity index (χ4v) is 3.12. The zero-order chi connectivity index (χ0) is 26.5. The summed E-state index contributed by atoms with van der Waals surface area (Å²) in [5.74, 6) is -4.77. The highest BCUT2D eigenvalue weighted by Crippen LogP contribution is 2.36. The summed E-state index contributed by atoms with van der Waals surface area (Å²) in [6.45, 7) is 9.69. The molecule has 3 aromatic rings. The largest absolute Gasteiger partial charge is 0.453 e. The van der Waals surface area contributed by atoms with E-state index in [1.807, 2.05) is 0 Å². The normalized spacial score (nSPS) is 12.1. The summed E-state index contributed by atoms with van der Waals surface area (Å²) >= 11 is 5.78. The summed E-state index contributed by atoms with van der Waals surface area (Å²) in [5, 5.41) is 3.21. The lowest BCUT2D eigenvalue weighted by Crippen LogP contribution is -2.28. The Morgan fingerprint density at radius 2 is 1.46 bits per heavy atom. The number of carbonyl (C=O) groups is 2. The molecule has 0 radical (unpaired) electrons. The van der Waals surface area contributed by atoms with Crippen LogP contribution in [0.1, 0.15) is 41.5 Å². The molecule has 0 unspecified atom stereocenters. The average molecular weight is 509 g/mol. The number of anilines is 2. The Bertz CT molecular complexity index is 1420. The quantitative estimate of drug-likeness (QED) is 0.395. The minimum absolute atomic E-state index is 0.0513. The summed E-state index contributed by atoms with van der Waals surface area (Å²) in [6, 6.07) is 4.54. The Morgan fingerprint density at radius 1 is 0.886 bits per heavy atom. The van der Waals surface area contributed by atoms with Crippen LogP contribution in [-0.2, 0) is 9.59 Å². The van der Waals surface area contributed by atoms with Crippen molar-refractivity contribution in [1.29, 1.82) is 0 Å². The molecule has 0 atom stereocenters. The molecule has 0 aliphatic heterocycles. The summed E-state index contributed by atoms with van der Waals surface area (Å²) in [4.78, 5) is 37.5. The van der Waals surface area contributed by atoms with Crippen LogP contribution < -0.4 is 16.1 Å². The highest BCUT2D eigenvalue weighted by atomic mass is 35.5. The van der Waals surface area contributed by atoms with Crippen molar-refractivity contribution in [3.63, 3.8) is 0 Å². The van der Waals surface area contributed by atoms with Crippen molar-refractivity contribution in [3.8, 4) is 11.3 Å². The topological polar surface area (TPSA) is 88.4 Å². The number of fused-ring (bicyclic) bond motifs is 1. The van der Waals surface area contributed by atoms with E-state index in [2.05, 4.69) is 10.6 Å². The van der Waals surface area contributed by atoms with Crippen LogP contribution in [0.5, 0.6) is 0 Å². The molecule has 0 aliphatic rings. The van der Waals surface area contributed by atoms with Gasteiger partial charge in [-0.1, -0.05) is 53.1 Å². The second kappa shape index (κ2) is 9.03. The molecule has 0 fully saturated rings. The Hall–Kier alpha value is -3.33. The van der Waals surface area contributed by atoms with Crippen LogP contribution in [0.4, 0.5) is 24.5 Å². The standard InChI is InChI=1S/C25H24ClF3N2O4/c1-24(2,3)22(33)30-13-8-7-11(9-12(13)27)15-10-14(32)16-20(31-23(34)25(4,5)6)18(28)17(26)19(29)21(16)35-15/h7-10H,1-6H3,(H,30,33)(H,31,34). The van der Waals surface area contributed by atoms with E-state index in [4.69, 9.17) is 16.0 Å². The molecule has 3 rings (SSSR count). The lowest BCUT2D eigenvalue weighted by atomic mass is 9.95. The van der Waals surface area contributed by atoms with E-state index < -0.39 is 67.2 Å². The Balaban J connectivity index is 2.15. The SMILES string of the molecule is CC(C)(C)C(=O)Nc1ccc(-c2cc(=O)c3c(NC(=O)C(C)(C)C)c(F)c(Cl)c(F)c3o2)cc1F. The van der Waals surface area contributed by atoms with Crippen LogP contribution in [0.2, 0.25) is 5.02 Å². The fourth-order valence-electron chi connectivity index (χ4n) is 2.94. The van der Waals surface area contributed by atoms with Gasteiger partial charge in [0.05, 0.1) is 16.8 Å². The maximum Gasteiger partial charge on any atom is 0.229 e. The van der Waals surface area contributed by atoms with Gasteiger partial charge in [0.1, 0.15) is 16.6 Å². The van der Waals surface area contributed by atoms with Gasteiger partial charge in [0.2, 0.25) is 11.8 Å². The van der Waals surface area contributed by atoms with E-state index in [1.54, 1.807) is 41.5 Å². The van der Waals surface area contributed by atoms with Crippen LogP contribution in [0, 0.1) is 28.3 Å². The highest BCUT2D eigenvalue weighted by molar-refractivity contribution is 6.32. The molecule has 35 heavy (non-hydrogen) atoms. The number of benzene rings is 2. The molecule has 1 heterocycles. The van der Waals surface area contributed by atoms with Gasteiger partial charge in [0.15, 0.2) is 22.6 Å². The number of nitrogens with one attached hydrogen (secondary N) is 2. The molecule has 186 valence electrons. The Labute approximate surface area is 204 Å². The van der Waals surface area contributed by atoms with Gasteiger partial charge in [0, 0.05) is 22.5 Å². The van der Waals surface area contributed by atoms with Gasteiger partial charge >= 0.3 is 0 Å². The molecule has 0 aliphatic carbocycles. The lowest BCUT2D eigenvalue weighted by Gasteiger charge is -2.19. The van der Waals surface area contributed by atoms with Crippen LogP contribution >= 0.6 is 11.6 Å². The molecule has 2 aromatic carbocycles. The van der Waals surface area contributed by atoms with E-state index in [9.17, 15) is 27.6 Å². The molecular formula is C25H24ClF3N2O4. The van der Waals surface area contributed by atoms with Gasteiger partial charge in [-0.25, -0.2) is 13.2 Å². The lowest BCUT2D eigenvalue weighted by molar-refractivity contribution is -0.123. The van der Waals surface area contributed by atoms with E-state index in [0.29, 0.717) is 0 Å². The third kappa shape index (κ3) is 5.19. The van der Waals surface area contributed by atoms with Gasteiger partial charge in [-0.3, -0.25) is 14.4 Å². The zero-order valence-corrected chi connectivity index (χ0v) is 20.7. The molecule has 0 saturated carbocycles. The number of carbonyl (C=O) groups excluding carboxylic acids is 2. The van der Waals surface area contributed by atoms with Crippen molar-refractivity contribution in [2.45, 2.75) is 41.5 Å². The van der Waals surface area contributed by atoms with Crippen molar-refractivity contribution in [2.24, 2.45) is 10.8 Å². The molecule has 2 N–H and O–H groups in total. The summed E-state index contributed by atoms with van der Waals surface area (Å²) in [5.41, 5.74) is -3.96. The second-order valence-electron chi connectivity index (χ2n) is 10.1. The molecule has 10 heteroatoms. The predicted octanol–water partition coefficient (Wildman–Crippen LogP) is 6.50. The van der Waals surface area contributed by atoms with E-state index in [1.165, 1.54) is 12.1 Å². The maximum atomic E-state index is 14.8. The molecule has 0 bridgehead atoms. The number of hydrogen-bond donors (Lipinski definition) is 2. The van der Waals surface area contributed by atoms with Crippen molar-refractivity contribution < 1.29 is 27.2 Å². The first-order valence-corrected chi connectivity index (χ1v) is 11.0. The fraction of sp³-hybridized carbons (Fsp3) is 0.320. The summed E-state index contributed by atoms with van der Waals surface area (Å²) in [6.07, 6.45) is 0. The van der Waals surface area contributed by atoms with Crippen LogP contribution in [-0.4, -0.2) is 11.8 Å². The van der Waals surface area contributed by atoms with Crippen molar-refractivity contribution in [3.05, 3.63) is 57.0 Å². The van der Waals surface area contributed by atoms with Crippen LogP contribution in [0.3, 0.4) is 0 Å². The number of hydrogen-bond acceptors (Lipinski definition) is 4. The summed E-state index contributed by atoms with van der Waals surface area (Å²) in [7, 11) is 0. The van der Waals surface area contributed by atoms with Gasteiger partial charge in [-0.05, 0) is 18.2 Å². The molecule has 0 spiro atoms. The van der Waals surface area contributed by atoms with Crippen LogP contribution in [0.25, 0.3) is 22.3 Å². The molecule has 6 nitrogen and oxygen atoms in total. The van der Waals surface area contributed by atoms with E-state index >= 15 is 0 Å². The summed E-state index contributed by atoms with van der Waals surface area (Å²) < 4.78 is 49.8.